The summed E-state index contributed by atoms with van der Waals surface area (Å²) in [7, 11) is 0. The zero-order valence-electron chi connectivity index (χ0n) is 13.4. The smallest absolute Gasteiger partial charge is 0.333 e. The Bertz CT molecular complexity index is 767. The first-order valence-electron chi connectivity index (χ1n) is 8.18. The summed E-state index contributed by atoms with van der Waals surface area (Å²) in [4.78, 5) is 26.3. The third-order valence-corrected chi connectivity index (χ3v) is 5.45. The summed E-state index contributed by atoms with van der Waals surface area (Å²) < 4.78 is 5.87. The Balaban J connectivity index is 1.60. The van der Waals surface area contributed by atoms with Crippen molar-refractivity contribution in [2.45, 2.75) is 23.9 Å². The molecule has 2 atom stereocenters. The number of benzene rings is 2. The number of esters is 1. The van der Waals surface area contributed by atoms with Gasteiger partial charge in [-0.1, -0.05) is 60.7 Å². The van der Waals surface area contributed by atoms with Crippen LogP contribution in [0.4, 0.5) is 0 Å². The number of carbonyl (C=O) groups is 2. The van der Waals surface area contributed by atoms with Crippen molar-refractivity contribution in [3.8, 4) is 0 Å². The van der Waals surface area contributed by atoms with E-state index in [2.05, 4.69) is 0 Å². The van der Waals surface area contributed by atoms with Crippen LogP contribution in [0.1, 0.15) is 23.7 Å². The van der Waals surface area contributed by atoms with E-state index in [9.17, 15) is 9.59 Å². The SMILES string of the molecule is O=C(OC(c1ccccc1)c1ccccc1)C1C=CS[C@@H]2CC(=O)N12. The number of β-lactam (4-membered cyclic amide) rings is 1. The van der Waals surface area contributed by atoms with Gasteiger partial charge in [-0.25, -0.2) is 4.79 Å². The van der Waals surface area contributed by atoms with Crippen LogP contribution in [0.2, 0.25) is 0 Å². The van der Waals surface area contributed by atoms with E-state index in [0.29, 0.717) is 6.42 Å². The maximum atomic E-state index is 12.8. The number of amides is 1. The van der Waals surface area contributed by atoms with Gasteiger partial charge in [0.1, 0.15) is 6.04 Å². The van der Waals surface area contributed by atoms with Crippen LogP contribution in [0.15, 0.2) is 72.1 Å². The van der Waals surface area contributed by atoms with Crippen molar-refractivity contribution >= 4 is 23.6 Å². The maximum absolute atomic E-state index is 12.8. The molecule has 4 rings (SSSR count). The van der Waals surface area contributed by atoms with Gasteiger partial charge in [0.05, 0.1) is 11.8 Å². The highest BCUT2D eigenvalue weighted by Gasteiger charge is 2.45. The molecule has 2 aliphatic rings. The molecule has 0 spiro atoms. The third kappa shape index (κ3) is 3.07. The van der Waals surface area contributed by atoms with Crippen LogP contribution in [0.5, 0.6) is 0 Å². The van der Waals surface area contributed by atoms with E-state index in [-0.39, 0.29) is 11.3 Å². The molecular formula is C20H17NO3S. The standard InChI is InChI=1S/C20H17NO3S/c22-17-13-18-21(17)16(11-12-25-18)20(23)24-19(14-7-3-1-4-8-14)15-9-5-2-6-10-15/h1-12,16,18-19H,13H2/t16?,18-/m1/s1. The molecule has 126 valence electrons. The molecular weight excluding hydrogens is 334 g/mol. The highest BCUT2D eigenvalue weighted by atomic mass is 32.2. The number of rotatable bonds is 4. The Labute approximate surface area is 150 Å². The lowest BCUT2D eigenvalue weighted by Crippen LogP contribution is -2.59. The fourth-order valence-electron chi connectivity index (χ4n) is 3.11. The van der Waals surface area contributed by atoms with Gasteiger partial charge in [0.2, 0.25) is 5.91 Å². The monoisotopic (exact) mass is 351 g/mol. The Morgan fingerprint density at radius 3 is 2.20 bits per heavy atom. The van der Waals surface area contributed by atoms with Crippen LogP contribution in [0.3, 0.4) is 0 Å². The average Bonchev–Trinajstić information content (AvgIpc) is 2.66. The molecule has 1 unspecified atom stereocenters. The molecule has 0 saturated carbocycles. The highest BCUT2D eigenvalue weighted by Crippen LogP contribution is 2.37. The first kappa shape index (κ1) is 16.0. The second-order valence-corrected chi connectivity index (χ2v) is 7.10. The van der Waals surface area contributed by atoms with Gasteiger partial charge in [0.25, 0.3) is 0 Å². The van der Waals surface area contributed by atoms with E-state index in [1.54, 1.807) is 22.7 Å². The summed E-state index contributed by atoms with van der Waals surface area (Å²) >= 11 is 1.57. The van der Waals surface area contributed by atoms with E-state index in [1.807, 2.05) is 66.1 Å². The molecule has 1 fully saturated rings. The van der Waals surface area contributed by atoms with Gasteiger partial charge >= 0.3 is 5.97 Å². The van der Waals surface area contributed by atoms with Gasteiger partial charge in [-0.3, -0.25) is 4.79 Å². The zero-order valence-corrected chi connectivity index (χ0v) is 14.3. The van der Waals surface area contributed by atoms with Gasteiger partial charge in [0.15, 0.2) is 6.10 Å². The van der Waals surface area contributed by atoms with E-state index in [0.717, 1.165) is 11.1 Å². The second kappa shape index (κ2) is 6.76. The Kier molecular flexibility index (Phi) is 4.32. The van der Waals surface area contributed by atoms with E-state index < -0.39 is 18.1 Å². The van der Waals surface area contributed by atoms with Gasteiger partial charge < -0.3 is 9.64 Å². The van der Waals surface area contributed by atoms with Gasteiger partial charge in [0, 0.05) is 0 Å². The van der Waals surface area contributed by atoms with Crippen molar-refractivity contribution in [1.82, 2.24) is 4.90 Å². The number of thioether (sulfide) groups is 1. The predicted molar refractivity (Wildman–Crippen MR) is 96.6 cm³/mol. The first-order valence-corrected chi connectivity index (χ1v) is 9.12. The van der Waals surface area contributed by atoms with E-state index >= 15 is 0 Å². The van der Waals surface area contributed by atoms with Crippen molar-refractivity contribution < 1.29 is 14.3 Å². The van der Waals surface area contributed by atoms with Crippen molar-refractivity contribution in [2.24, 2.45) is 0 Å². The molecule has 2 aliphatic heterocycles. The molecule has 5 heteroatoms. The van der Waals surface area contributed by atoms with Crippen molar-refractivity contribution in [3.05, 3.63) is 83.3 Å². The topological polar surface area (TPSA) is 46.6 Å². The fraction of sp³-hybridized carbons (Fsp3) is 0.200. The average molecular weight is 351 g/mol. The lowest BCUT2D eigenvalue weighted by atomic mass is 10.0. The zero-order chi connectivity index (χ0) is 17.2. The number of carbonyl (C=O) groups excluding carboxylic acids is 2. The summed E-state index contributed by atoms with van der Waals surface area (Å²) in [5.74, 6) is -0.396. The van der Waals surface area contributed by atoms with Crippen LogP contribution in [0.25, 0.3) is 0 Å². The Morgan fingerprint density at radius 1 is 1.04 bits per heavy atom. The Morgan fingerprint density at radius 2 is 1.64 bits per heavy atom. The number of hydrogen-bond acceptors (Lipinski definition) is 4. The van der Waals surface area contributed by atoms with Crippen LogP contribution in [0, 0.1) is 0 Å². The Hall–Kier alpha value is -2.53. The fourth-order valence-corrected chi connectivity index (χ4v) is 4.15. The third-order valence-electron chi connectivity index (χ3n) is 4.42. The minimum absolute atomic E-state index is 0.000211. The van der Waals surface area contributed by atoms with E-state index in [4.69, 9.17) is 4.74 Å². The van der Waals surface area contributed by atoms with Gasteiger partial charge in [-0.05, 0) is 22.6 Å². The number of ether oxygens (including phenoxy) is 1. The summed E-state index contributed by atoms with van der Waals surface area (Å²) in [6.07, 6.45) is 1.74. The highest BCUT2D eigenvalue weighted by molar-refractivity contribution is 8.02. The lowest BCUT2D eigenvalue weighted by molar-refractivity contribution is -0.161. The number of fused-ring (bicyclic) bond motifs is 1. The van der Waals surface area contributed by atoms with Crippen molar-refractivity contribution in [1.29, 1.82) is 0 Å². The predicted octanol–water partition coefficient (Wildman–Crippen LogP) is 3.51. The van der Waals surface area contributed by atoms with Gasteiger partial charge in [-0.15, -0.1) is 11.8 Å². The normalized spacial score (nSPS) is 21.6. The van der Waals surface area contributed by atoms with Gasteiger partial charge in [-0.2, -0.15) is 0 Å². The molecule has 0 aromatic heterocycles. The summed E-state index contributed by atoms with van der Waals surface area (Å²) in [6, 6.07) is 18.7. The lowest BCUT2D eigenvalue weighted by Gasteiger charge is -2.44. The quantitative estimate of drug-likeness (QED) is 0.625. The number of hydrogen-bond donors (Lipinski definition) is 0. The van der Waals surface area contributed by atoms with Crippen LogP contribution in [-0.4, -0.2) is 28.2 Å². The molecule has 0 radical (unpaired) electrons. The largest absolute Gasteiger partial charge is 0.451 e. The molecule has 2 heterocycles. The second-order valence-electron chi connectivity index (χ2n) is 6.01. The summed E-state index contributed by atoms with van der Waals surface area (Å²) in [5.41, 5.74) is 1.81. The number of nitrogens with zero attached hydrogens (tertiary/aromatic N) is 1. The molecule has 1 amide bonds. The van der Waals surface area contributed by atoms with E-state index in [1.165, 1.54) is 0 Å². The van der Waals surface area contributed by atoms with Crippen LogP contribution in [-0.2, 0) is 14.3 Å². The molecule has 2 aromatic rings. The van der Waals surface area contributed by atoms with Crippen molar-refractivity contribution in [2.75, 3.05) is 0 Å². The van der Waals surface area contributed by atoms with Crippen LogP contribution >= 0.6 is 11.8 Å². The first-order chi connectivity index (χ1) is 12.2. The molecule has 2 aromatic carbocycles. The van der Waals surface area contributed by atoms with Crippen LogP contribution < -0.4 is 0 Å². The minimum atomic E-state index is -0.637. The summed E-state index contributed by atoms with van der Waals surface area (Å²) in [6.45, 7) is 0. The molecule has 1 saturated heterocycles. The minimum Gasteiger partial charge on any atom is -0.451 e. The summed E-state index contributed by atoms with van der Waals surface area (Å²) in [5, 5.41) is 1.95. The maximum Gasteiger partial charge on any atom is 0.333 e. The molecule has 0 bridgehead atoms. The molecule has 4 nitrogen and oxygen atoms in total. The van der Waals surface area contributed by atoms with Crippen molar-refractivity contribution in [3.63, 3.8) is 0 Å². The molecule has 25 heavy (non-hydrogen) atoms. The molecule has 0 N–H and O–H groups in total. The molecule has 0 aliphatic carbocycles.